The molecule has 0 aromatic heterocycles. The molecule has 0 bridgehead atoms. The maximum absolute atomic E-state index is 11.9. The second-order valence-corrected chi connectivity index (χ2v) is 3.26. The second-order valence-electron chi connectivity index (χ2n) is 3.26. The Kier molecular flexibility index (Phi) is 4.41. The Morgan fingerprint density at radius 1 is 1.22 bits per heavy atom. The molecule has 1 aromatic rings. The summed E-state index contributed by atoms with van der Waals surface area (Å²) >= 11 is 0. The van der Waals surface area contributed by atoms with Crippen molar-refractivity contribution in [3.63, 3.8) is 0 Å². The Morgan fingerprint density at radius 2 is 1.89 bits per heavy atom. The molecule has 1 rings (SSSR count). The van der Waals surface area contributed by atoms with Crippen LogP contribution < -0.4 is 9.47 Å². The number of esters is 1. The molecule has 0 unspecified atom stereocenters. The molecule has 18 heavy (non-hydrogen) atoms. The number of methoxy groups -OCH3 is 2. The van der Waals surface area contributed by atoms with Gasteiger partial charge < -0.3 is 14.2 Å². The molecule has 0 amide bonds. The van der Waals surface area contributed by atoms with Crippen LogP contribution in [0.4, 0.5) is 13.2 Å². The summed E-state index contributed by atoms with van der Waals surface area (Å²) in [6, 6.07) is 4.08. The SMILES string of the molecule is COc1ccc(C(=O)OCC(F)(F)F)c(OC)c1. The largest absolute Gasteiger partial charge is 0.497 e. The predicted octanol–water partition coefficient (Wildman–Crippen LogP) is 2.42. The maximum atomic E-state index is 11.9. The Hall–Kier alpha value is -1.92. The lowest BCUT2D eigenvalue weighted by atomic mass is 10.2. The molecule has 1 aromatic carbocycles. The van der Waals surface area contributed by atoms with Gasteiger partial charge in [0, 0.05) is 6.07 Å². The molecular formula is C11H11F3O4. The van der Waals surface area contributed by atoms with Crippen LogP contribution in [0.3, 0.4) is 0 Å². The van der Waals surface area contributed by atoms with Gasteiger partial charge in [0.05, 0.1) is 14.2 Å². The molecule has 0 atom stereocenters. The molecule has 0 aliphatic carbocycles. The number of hydrogen-bond donors (Lipinski definition) is 0. The Labute approximate surface area is 101 Å². The van der Waals surface area contributed by atoms with Crippen LogP contribution in [0.25, 0.3) is 0 Å². The van der Waals surface area contributed by atoms with E-state index in [1.807, 2.05) is 0 Å². The third-order valence-corrected chi connectivity index (χ3v) is 2.00. The van der Waals surface area contributed by atoms with E-state index in [4.69, 9.17) is 9.47 Å². The van der Waals surface area contributed by atoms with Gasteiger partial charge in [0.15, 0.2) is 6.61 Å². The number of hydrogen-bond acceptors (Lipinski definition) is 4. The second kappa shape index (κ2) is 5.61. The van der Waals surface area contributed by atoms with Crippen molar-refractivity contribution in [1.82, 2.24) is 0 Å². The van der Waals surface area contributed by atoms with Gasteiger partial charge in [-0.05, 0) is 12.1 Å². The van der Waals surface area contributed by atoms with Crippen molar-refractivity contribution in [1.29, 1.82) is 0 Å². The number of carbonyl (C=O) groups excluding carboxylic acids is 1. The third kappa shape index (κ3) is 3.83. The summed E-state index contributed by atoms with van der Waals surface area (Å²) in [6.07, 6.45) is -4.56. The molecule has 0 saturated heterocycles. The van der Waals surface area contributed by atoms with Crippen LogP contribution in [0.5, 0.6) is 11.5 Å². The Morgan fingerprint density at radius 3 is 2.39 bits per heavy atom. The smallest absolute Gasteiger partial charge is 0.422 e. The zero-order chi connectivity index (χ0) is 13.8. The van der Waals surface area contributed by atoms with Crippen molar-refractivity contribution < 1.29 is 32.2 Å². The van der Waals surface area contributed by atoms with Gasteiger partial charge in [0.25, 0.3) is 0 Å². The number of carbonyl (C=O) groups is 1. The van der Waals surface area contributed by atoms with E-state index < -0.39 is 18.8 Å². The van der Waals surface area contributed by atoms with E-state index in [1.165, 1.54) is 32.4 Å². The molecule has 0 radical (unpaired) electrons. The van der Waals surface area contributed by atoms with E-state index in [0.29, 0.717) is 5.75 Å². The van der Waals surface area contributed by atoms with E-state index in [1.54, 1.807) is 0 Å². The van der Waals surface area contributed by atoms with Crippen LogP contribution in [0, 0.1) is 0 Å². The first kappa shape index (κ1) is 14.1. The average molecular weight is 264 g/mol. The Balaban J connectivity index is 2.85. The van der Waals surface area contributed by atoms with E-state index in [2.05, 4.69) is 4.74 Å². The number of rotatable bonds is 4. The van der Waals surface area contributed by atoms with Gasteiger partial charge in [-0.25, -0.2) is 4.79 Å². The van der Waals surface area contributed by atoms with Crippen molar-refractivity contribution in [3.8, 4) is 11.5 Å². The normalized spacial score (nSPS) is 10.9. The van der Waals surface area contributed by atoms with Crippen LogP contribution in [0.15, 0.2) is 18.2 Å². The molecule has 7 heteroatoms. The van der Waals surface area contributed by atoms with Crippen LogP contribution in [0.2, 0.25) is 0 Å². The Bertz CT molecular complexity index is 429. The van der Waals surface area contributed by atoms with Gasteiger partial charge >= 0.3 is 12.1 Å². The van der Waals surface area contributed by atoms with Gasteiger partial charge in [-0.2, -0.15) is 13.2 Å². The van der Waals surface area contributed by atoms with Crippen molar-refractivity contribution in [3.05, 3.63) is 23.8 Å². The minimum atomic E-state index is -4.56. The number of benzene rings is 1. The van der Waals surface area contributed by atoms with Gasteiger partial charge in [-0.3, -0.25) is 0 Å². The zero-order valence-corrected chi connectivity index (χ0v) is 9.71. The van der Waals surface area contributed by atoms with Crippen molar-refractivity contribution in [2.45, 2.75) is 6.18 Å². The van der Waals surface area contributed by atoms with Gasteiger partial charge in [0.1, 0.15) is 17.1 Å². The van der Waals surface area contributed by atoms with Crippen molar-refractivity contribution in [2.24, 2.45) is 0 Å². The highest BCUT2D eigenvalue weighted by Gasteiger charge is 2.30. The fraction of sp³-hybridized carbons (Fsp3) is 0.364. The van der Waals surface area contributed by atoms with Crippen LogP contribution in [-0.4, -0.2) is 33.0 Å². The summed E-state index contributed by atoms with van der Waals surface area (Å²) in [5.74, 6) is -0.604. The van der Waals surface area contributed by atoms with Crippen LogP contribution >= 0.6 is 0 Å². The molecule has 0 aliphatic heterocycles. The van der Waals surface area contributed by atoms with Crippen molar-refractivity contribution in [2.75, 3.05) is 20.8 Å². The van der Waals surface area contributed by atoms with E-state index in [9.17, 15) is 18.0 Å². The lowest BCUT2D eigenvalue weighted by Crippen LogP contribution is -2.20. The fourth-order valence-electron chi connectivity index (χ4n) is 1.19. The quantitative estimate of drug-likeness (QED) is 0.783. The van der Waals surface area contributed by atoms with Crippen LogP contribution in [-0.2, 0) is 4.74 Å². The average Bonchev–Trinajstić information content (AvgIpc) is 2.34. The molecule has 0 N–H and O–H groups in total. The topological polar surface area (TPSA) is 44.8 Å². The summed E-state index contributed by atoms with van der Waals surface area (Å²) in [7, 11) is 2.70. The predicted molar refractivity (Wildman–Crippen MR) is 55.9 cm³/mol. The molecule has 0 saturated carbocycles. The summed E-state index contributed by atoms with van der Waals surface area (Å²) in [5.41, 5.74) is -0.0949. The zero-order valence-electron chi connectivity index (χ0n) is 9.71. The van der Waals surface area contributed by atoms with Crippen LogP contribution in [0.1, 0.15) is 10.4 Å². The minimum absolute atomic E-state index is 0.0847. The fourth-order valence-corrected chi connectivity index (χ4v) is 1.19. The standard InChI is InChI=1S/C11H11F3O4/c1-16-7-3-4-8(9(5-7)17-2)10(15)18-6-11(12,13)14/h3-5H,6H2,1-2H3. The first-order valence-electron chi connectivity index (χ1n) is 4.83. The molecule has 0 heterocycles. The van der Waals surface area contributed by atoms with Crippen molar-refractivity contribution >= 4 is 5.97 Å². The van der Waals surface area contributed by atoms with Gasteiger partial charge in [-0.1, -0.05) is 0 Å². The molecule has 0 aliphatic rings. The molecular weight excluding hydrogens is 253 g/mol. The lowest BCUT2D eigenvalue weighted by Gasteiger charge is -2.11. The van der Waals surface area contributed by atoms with E-state index in [-0.39, 0.29) is 11.3 Å². The molecule has 4 nitrogen and oxygen atoms in total. The maximum Gasteiger partial charge on any atom is 0.422 e. The number of alkyl halides is 3. The number of ether oxygens (including phenoxy) is 3. The summed E-state index contributed by atoms with van der Waals surface area (Å²) < 4.78 is 49.6. The highest BCUT2D eigenvalue weighted by Crippen LogP contribution is 2.25. The highest BCUT2D eigenvalue weighted by molar-refractivity contribution is 5.92. The molecule has 0 spiro atoms. The lowest BCUT2D eigenvalue weighted by molar-refractivity contribution is -0.161. The van der Waals surface area contributed by atoms with E-state index in [0.717, 1.165) is 0 Å². The third-order valence-electron chi connectivity index (χ3n) is 2.00. The first-order chi connectivity index (χ1) is 8.37. The highest BCUT2D eigenvalue weighted by atomic mass is 19.4. The van der Waals surface area contributed by atoms with E-state index >= 15 is 0 Å². The summed E-state index contributed by atoms with van der Waals surface area (Å²) in [4.78, 5) is 11.4. The number of halogens is 3. The monoisotopic (exact) mass is 264 g/mol. The minimum Gasteiger partial charge on any atom is -0.497 e. The first-order valence-corrected chi connectivity index (χ1v) is 4.83. The van der Waals surface area contributed by atoms with Gasteiger partial charge in [0.2, 0.25) is 0 Å². The molecule has 100 valence electrons. The molecule has 0 fully saturated rings. The summed E-state index contributed by atoms with van der Waals surface area (Å²) in [6.45, 7) is -1.64. The summed E-state index contributed by atoms with van der Waals surface area (Å²) in [5, 5.41) is 0. The van der Waals surface area contributed by atoms with Gasteiger partial charge in [-0.15, -0.1) is 0 Å².